The lowest BCUT2D eigenvalue weighted by molar-refractivity contribution is 0.480. The molecular formula is C23H19ClN4O. The Morgan fingerprint density at radius 3 is 2.66 bits per heavy atom. The average Bonchev–Trinajstić information content (AvgIpc) is 2.72. The van der Waals surface area contributed by atoms with Crippen molar-refractivity contribution >= 4 is 40.1 Å². The van der Waals surface area contributed by atoms with Crippen LogP contribution in [0.2, 0.25) is 5.02 Å². The summed E-state index contributed by atoms with van der Waals surface area (Å²) in [6, 6.07) is 15.3. The summed E-state index contributed by atoms with van der Waals surface area (Å²) in [4.78, 5) is 13.0. The number of fused-ring (bicyclic) bond motifs is 1. The largest absolute Gasteiger partial charge is 0.454 e. The van der Waals surface area contributed by atoms with Crippen LogP contribution in [0.25, 0.3) is 17.0 Å². The topological polar surface area (TPSA) is 59.9 Å². The van der Waals surface area contributed by atoms with Crippen LogP contribution in [0, 0.1) is 6.92 Å². The molecule has 2 aromatic heterocycles. The first-order valence-corrected chi connectivity index (χ1v) is 9.55. The first-order chi connectivity index (χ1) is 14.1. The molecule has 2 aromatic carbocycles. The highest BCUT2D eigenvalue weighted by atomic mass is 35.5. The quantitative estimate of drug-likeness (QED) is 0.409. The van der Waals surface area contributed by atoms with E-state index in [1.165, 1.54) is 0 Å². The second kappa shape index (κ2) is 8.29. The maximum atomic E-state index is 6.43. The van der Waals surface area contributed by atoms with Gasteiger partial charge in [0.05, 0.1) is 16.7 Å². The van der Waals surface area contributed by atoms with Crippen molar-refractivity contribution in [1.29, 1.82) is 0 Å². The molecule has 0 bridgehead atoms. The zero-order valence-corrected chi connectivity index (χ0v) is 16.8. The van der Waals surface area contributed by atoms with Crippen molar-refractivity contribution in [2.24, 2.45) is 0 Å². The molecule has 0 atom stereocenters. The van der Waals surface area contributed by atoms with Gasteiger partial charge in [-0.05, 0) is 61.9 Å². The van der Waals surface area contributed by atoms with Crippen LogP contribution in [0.15, 0.2) is 67.1 Å². The van der Waals surface area contributed by atoms with Gasteiger partial charge in [0.15, 0.2) is 0 Å². The number of nitrogens with one attached hydrogen (secondary N) is 1. The highest BCUT2D eigenvalue weighted by molar-refractivity contribution is 6.32. The monoisotopic (exact) mass is 402 g/mol. The van der Waals surface area contributed by atoms with E-state index >= 15 is 0 Å². The van der Waals surface area contributed by atoms with Crippen LogP contribution in [0.3, 0.4) is 0 Å². The highest BCUT2D eigenvalue weighted by Gasteiger charge is 2.08. The lowest BCUT2D eigenvalue weighted by atomic mass is 10.1. The Labute approximate surface area is 174 Å². The van der Waals surface area contributed by atoms with Crippen molar-refractivity contribution in [3.05, 3.63) is 83.4 Å². The Bertz CT molecular complexity index is 1190. The number of nitrogens with zero attached hydrogens (tertiary/aromatic N) is 3. The number of halogens is 1. The van der Waals surface area contributed by atoms with Gasteiger partial charge in [-0.1, -0.05) is 29.8 Å². The van der Waals surface area contributed by atoms with Crippen molar-refractivity contribution in [2.45, 2.75) is 13.8 Å². The predicted molar refractivity (Wildman–Crippen MR) is 118 cm³/mol. The number of hydrogen-bond acceptors (Lipinski definition) is 5. The van der Waals surface area contributed by atoms with Crippen LogP contribution in [-0.4, -0.2) is 15.0 Å². The fourth-order valence-electron chi connectivity index (χ4n) is 2.91. The molecule has 2 heterocycles. The van der Waals surface area contributed by atoms with Crippen molar-refractivity contribution in [3.8, 4) is 11.5 Å². The molecule has 0 unspecified atom stereocenters. The second-order valence-electron chi connectivity index (χ2n) is 6.51. The molecule has 29 heavy (non-hydrogen) atoms. The lowest BCUT2D eigenvalue weighted by Gasteiger charge is -2.12. The van der Waals surface area contributed by atoms with Gasteiger partial charge >= 0.3 is 0 Å². The molecule has 0 spiro atoms. The zero-order valence-electron chi connectivity index (χ0n) is 16.1. The Morgan fingerprint density at radius 2 is 1.90 bits per heavy atom. The molecule has 0 amide bonds. The van der Waals surface area contributed by atoms with Gasteiger partial charge in [-0.2, -0.15) is 0 Å². The van der Waals surface area contributed by atoms with Crippen LogP contribution in [-0.2, 0) is 0 Å². The molecule has 0 saturated carbocycles. The number of ether oxygens (including phenoxy) is 1. The molecule has 1 N–H and O–H groups in total. The van der Waals surface area contributed by atoms with E-state index in [2.05, 4.69) is 26.3 Å². The summed E-state index contributed by atoms with van der Waals surface area (Å²) >= 11 is 6.43. The summed E-state index contributed by atoms with van der Waals surface area (Å²) < 4.78 is 5.83. The third-order valence-electron chi connectivity index (χ3n) is 4.33. The average molecular weight is 403 g/mol. The predicted octanol–water partition coefficient (Wildman–Crippen LogP) is 6.56. The van der Waals surface area contributed by atoms with Crippen molar-refractivity contribution in [2.75, 3.05) is 5.32 Å². The molecule has 0 aliphatic carbocycles. The molecule has 4 aromatic rings. The van der Waals surface area contributed by atoms with Crippen molar-refractivity contribution < 1.29 is 4.74 Å². The first kappa shape index (κ1) is 18.9. The molecule has 6 heteroatoms. The second-order valence-corrected chi connectivity index (χ2v) is 6.91. The molecule has 0 fully saturated rings. The number of allylic oxidation sites excluding steroid dienone is 1. The maximum Gasteiger partial charge on any atom is 0.146 e. The van der Waals surface area contributed by atoms with Gasteiger partial charge in [0.25, 0.3) is 0 Å². The molecule has 144 valence electrons. The van der Waals surface area contributed by atoms with Crippen molar-refractivity contribution in [3.63, 3.8) is 0 Å². The van der Waals surface area contributed by atoms with E-state index < -0.39 is 0 Å². The Balaban J connectivity index is 1.60. The zero-order chi connectivity index (χ0) is 20.2. The van der Waals surface area contributed by atoms with Crippen LogP contribution in [0.5, 0.6) is 11.5 Å². The first-order valence-electron chi connectivity index (χ1n) is 9.17. The summed E-state index contributed by atoms with van der Waals surface area (Å²) in [6.45, 7) is 3.92. The SMILES string of the molecule is CC=Cc1ccc2ncnc(Nc3ccc(Oc4ccc(C)nc4)c(Cl)c3)c2c1. The van der Waals surface area contributed by atoms with E-state index in [1.807, 2.05) is 68.5 Å². The number of aromatic nitrogens is 3. The Kier molecular flexibility index (Phi) is 5.40. The molecule has 0 radical (unpaired) electrons. The van der Waals surface area contributed by atoms with Gasteiger partial charge < -0.3 is 10.1 Å². The van der Waals surface area contributed by atoms with Crippen molar-refractivity contribution in [1.82, 2.24) is 15.0 Å². The van der Waals surface area contributed by atoms with E-state index in [0.717, 1.165) is 27.8 Å². The van der Waals surface area contributed by atoms with E-state index in [0.29, 0.717) is 22.3 Å². The maximum absolute atomic E-state index is 6.43. The molecule has 0 saturated heterocycles. The van der Waals surface area contributed by atoms with E-state index in [1.54, 1.807) is 12.5 Å². The summed E-state index contributed by atoms with van der Waals surface area (Å²) in [6.07, 6.45) is 7.26. The summed E-state index contributed by atoms with van der Waals surface area (Å²) in [5.41, 5.74) is 3.69. The van der Waals surface area contributed by atoms with Gasteiger partial charge in [0.1, 0.15) is 23.6 Å². The number of benzene rings is 2. The molecule has 0 aliphatic heterocycles. The van der Waals surface area contributed by atoms with Gasteiger partial charge in [0, 0.05) is 16.8 Å². The number of rotatable bonds is 5. The third-order valence-corrected chi connectivity index (χ3v) is 4.62. The van der Waals surface area contributed by atoms with Gasteiger partial charge in [0.2, 0.25) is 0 Å². The van der Waals surface area contributed by atoms with E-state index in [-0.39, 0.29) is 0 Å². The minimum absolute atomic E-state index is 0.489. The minimum atomic E-state index is 0.489. The van der Waals surface area contributed by atoms with Crippen LogP contribution in [0.1, 0.15) is 18.2 Å². The van der Waals surface area contributed by atoms with E-state index in [9.17, 15) is 0 Å². The number of hydrogen-bond donors (Lipinski definition) is 1. The van der Waals surface area contributed by atoms with Crippen LogP contribution in [0.4, 0.5) is 11.5 Å². The number of aryl methyl sites for hydroxylation is 1. The molecule has 5 nitrogen and oxygen atoms in total. The minimum Gasteiger partial charge on any atom is -0.454 e. The Morgan fingerprint density at radius 1 is 1.00 bits per heavy atom. The molecule has 4 rings (SSSR count). The number of anilines is 2. The summed E-state index contributed by atoms with van der Waals surface area (Å²) in [7, 11) is 0. The van der Waals surface area contributed by atoms with Gasteiger partial charge in [-0.25, -0.2) is 9.97 Å². The normalized spacial score (nSPS) is 11.1. The smallest absolute Gasteiger partial charge is 0.146 e. The van der Waals surface area contributed by atoms with Gasteiger partial charge in [-0.3, -0.25) is 4.98 Å². The fourth-order valence-corrected chi connectivity index (χ4v) is 3.13. The summed E-state index contributed by atoms with van der Waals surface area (Å²) in [5, 5.41) is 4.75. The van der Waals surface area contributed by atoms with E-state index in [4.69, 9.17) is 16.3 Å². The standard InChI is InChI=1S/C23H19ClN4O/c1-3-4-16-6-9-21-19(11-16)23(27-14-26-21)28-17-7-10-22(20(24)12-17)29-18-8-5-15(2)25-13-18/h3-14H,1-2H3,(H,26,27,28). The lowest BCUT2D eigenvalue weighted by Crippen LogP contribution is -1.97. The summed E-state index contributed by atoms with van der Waals surface area (Å²) in [5.74, 6) is 1.91. The fraction of sp³-hybridized carbons (Fsp3) is 0.0870. The van der Waals surface area contributed by atoms with Gasteiger partial charge in [-0.15, -0.1) is 0 Å². The molecule has 0 aliphatic rings. The van der Waals surface area contributed by atoms with Crippen LogP contribution < -0.4 is 10.1 Å². The third kappa shape index (κ3) is 4.36. The Hall–Kier alpha value is -3.44. The highest BCUT2D eigenvalue weighted by Crippen LogP contribution is 2.33. The number of pyridine rings is 1. The van der Waals surface area contributed by atoms with Crippen LogP contribution >= 0.6 is 11.6 Å². The molecular weight excluding hydrogens is 384 g/mol.